The second-order valence-electron chi connectivity index (χ2n) is 18.3. The molecule has 66 heavy (non-hydrogen) atoms. The van der Waals surface area contributed by atoms with Crippen molar-refractivity contribution in [2.75, 3.05) is 13.2 Å². The van der Waals surface area contributed by atoms with Gasteiger partial charge in [-0.05, 0) is 77.0 Å². The molecule has 0 aromatic rings. The molecule has 0 amide bonds. The van der Waals surface area contributed by atoms with Crippen LogP contribution in [0.4, 0.5) is 0 Å². The summed E-state index contributed by atoms with van der Waals surface area (Å²) in [6, 6.07) is 0. The number of hydrogen-bond acceptors (Lipinski definition) is 5. The van der Waals surface area contributed by atoms with Crippen LogP contribution < -0.4 is 0 Å². The topological polar surface area (TPSA) is 72.8 Å². The molecule has 0 fully saturated rings. The Bertz CT molecular complexity index is 1270. The first kappa shape index (κ1) is 62.8. The number of ether oxygens (including phenoxy) is 2. The molecule has 0 aromatic carbocycles. The van der Waals surface area contributed by atoms with Gasteiger partial charge in [0, 0.05) is 12.8 Å². The van der Waals surface area contributed by atoms with E-state index in [0.29, 0.717) is 12.8 Å². The van der Waals surface area contributed by atoms with Crippen LogP contribution >= 0.6 is 0 Å². The van der Waals surface area contributed by atoms with Gasteiger partial charge in [-0.2, -0.15) is 0 Å². The lowest BCUT2D eigenvalue weighted by Gasteiger charge is -2.15. The van der Waals surface area contributed by atoms with E-state index in [2.05, 4.69) is 111 Å². The van der Waals surface area contributed by atoms with Gasteiger partial charge in [-0.25, -0.2) is 0 Å². The van der Waals surface area contributed by atoms with E-state index in [1.807, 2.05) is 0 Å². The van der Waals surface area contributed by atoms with Crippen LogP contribution in [0.5, 0.6) is 0 Å². The maximum atomic E-state index is 12.3. The highest BCUT2D eigenvalue weighted by atomic mass is 16.6. The lowest BCUT2D eigenvalue weighted by Crippen LogP contribution is -2.28. The molecular weight excluding hydrogens is 813 g/mol. The van der Waals surface area contributed by atoms with Gasteiger partial charge in [-0.1, -0.05) is 265 Å². The number of esters is 2. The molecule has 1 N–H and O–H groups in total. The Morgan fingerprint density at radius 3 is 0.985 bits per heavy atom. The molecular formula is C61H104O5. The van der Waals surface area contributed by atoms with Crippen LogP contribution in [0, 0.1) is 0 Å². The first-order valence-corrected chi connectivity index (χ1v) is 27.8. The zero-order chi connectivity index (χ0) is 47.7. The molecule has 0 aliphatic rings. The lowest BCUT2D eigenvalue weighted by atomic mass is 10.0. The van der Waals surface area contributed by atoms with Gasteiger partial charge in [0.2, 0.25) is 0 Å². The highest BCUT2D eigenvalue weighted by Crippen LogP contribution is 2.16. The number of aliphatic hydroxyl groups is 1. The van der Waals surface area contributed by atoms with Crippen molar-refractivity contribution in [3.63, 3.8) is 0 Å². The van der Waals surface area contributed by atoms with Gasteiger partial charge in [-0.3, -0.25) is 9.59 Å². The van der Waals surface area contributed by atoms with E-state index in [9.17, 15) is 14.7 Å². The van der Waals surface area contributed by atoms with E-state index in [0.717, 1.165) is 96.3 Å². The Labute approximate surface area is 408 Å². The molecule has 0 aromatic heterocycles. The molecule has 5 nitrogen and oxygen atoms in total. The summed E-state index contributed by atoms with van der Waals surface area (Å²) in [4.78, 5) is 24.5. The standard InChI is InChI=1S/C61H104O5/c1-3-5-7-9-11-13-15-17-19-21-23-25-26-27-28-29-30-31-32-33-34-36-38-40-42-44-46-48-50-52-54-56-61(64)66-59(57-62)58-65-60(63)55-53-51-49-47-45-43-41-39-37-35-24-22-20-18-16-14-12-10-8-6-4-2/h5,7,11,13,17,19,23,25,27-28,30-31,33-34,38,40,59,62H,3-4,6,8-10,12,14-16,18,20-22,24,26,29,32,35-37,39,41-58H2,1-2H3/b7-5-,13-11-,19-17-,25-23-,28-27-,31-30-,34-33-,40-38-. The van der Waals surface area contributed by atoms with Crippen molar-refractivity contribution in [1.29, 1.82) is 0 Å². The van der Waals surface area contributed by atoms with Gasteiger partial charge in [0.25, 0.3) is 0 Å². The van der Waals surface area contributed by atoms with Crippen LogP contribution in [0.25, 0.3) is 0 Å². The third kappa shape index (κ3) is 53.4. The zero-order valence-corrected chi connectivity index (χ0v) is 43.2. The van der Waals surface area contributed by atoms with Gasteiger partial charge in [0.05, 0.1) is 6.61 Å². The molecule has 0 aliphatic carbocycles. The minimum atomic E-state index is -0.785. The molecule has 378 valence electrons. The van der Waals surface area contributed by atoms with Crippen molar-refractivity contribution in [2.45, 2.75) is 264 Å². The quantitative estimate of drug-likeness (QED) is 0.0374. The van der Waals surface area contributed by atoms with Crippen molar-refractivity contribution < 1.29 is 24.2 Å². The first-order valence-electron chi connectivity index (χ1n) is 27.8. The number of carbonyl (C=O) groups is 2. The van der Waals surface area contributed by atoms with E-state index in [4.69, 9.17) is 9.47 Å². The van der Waals surface area contributed by atoms with Crippen molar-refractivity contribution in [3.05, 3.63) is 97.2 Å². The molecule has 0 bridgehead atoms. The molecule has 1 atom stereocenters. The predicted octanol–water partition coefficient (Wildman–Crippen LogP) is 18.7. The Morgan fingerprint density at radius 2 is 0.652 bits per heavy atom. The fourth-order valence-corrected chi connectivity index (χ4v) is 7.75. The fourth-order valence-electron chi connectivity index (χ4n) is 7.75. The summed E-state index contributed by atoms with van der Waals surface area (Å²) in [6.07, 6.45) is 79.4. The van der Waals surface area contributed by atoms with Gasteiger partial charge in [0.15, 0.2) is 6.10 Å². The molecule has 0 rings (SSSR count). The van der Waals surface area contributed by atoms with Crippen LogP contribution in [-0.4, -0.2) is 36.4 Å². The summed E-state index contributed by atoms with van der Waals surface area (Å²) < 4.78 is 10.7. The van der Waals surface area contributed by atoms with Crippen molar-refractivity contribution in [1.82, 2.24) is 0 Å². The smallest absolute Gasteiger partial charge is 0.306 e. The van der Waals surface area contributed by atoms with E-state index in [1.165, 1.54) is 135 Å². The van der Waals surface area contributed by atoms with E-state index < -0.39 is 6.10 Å². The van der Waals surface area contributed by atoms with Crippen molar-refractivity contribution in [3.8, 4) is 0 Å². The van der Waals surface area contributed by atoms with Crippen LogP contribution in [0.15, 0.2) is 97.2 Å². The van der Waals surface area contributed by atoms with Gasteiger partial charge in [-0.15, -0.1) is 0 Å². The third-order valence-corrected chi connectivity index (χ3v) is 11.9. The summed E-state index contributed by atoms with van der Waals surface area (Å²) >= 11 is 0. The summed E-state index contributed by atoms with van der Waals surface area (Å²) in [6.45, 7) is 4.04. The Balaban J connectivity index is 3.58. The van der Waals surface area contributed by atoms with Crippen LogP contribution in [-0.2, 0) is 19.1 Å². The van der Waals surface area contributed by atoms with Crippen LogP contribution in [0.1, 0.15) is 258 Å². The molecule has 0 saturated heterocycles. The molecule has 0 radical (unpaired) electrons. The van der Waals surface area contributed by atoms with Gasteiger partial charge < -0.3 is 14.6 Å². The van der Waals surface area contributed by atoms with E-state index in [-0.39, 0.29) is 25.2 Å². The molecule has 0 saturated carbocycles. The minimum absolute atomic E-state index is 0.0740. The van der Waals surface area contributed by atoms with Gasteiger partial charge in [0.1, 0.15) is 6.61 Å². The second-order valence-corrected chi connectivity index (χ2v) is 18.3. The highest BCUT2D eigenvalue weighted by Gasteiger charge is 2.16. The maximum absolute atomic E-state index is 12.3. The van der Waals surface area contributed by atoms with E-state index >= 15 is 0 Å². The second kappa shape index (κ2) is 56.1. The molecule has 0 heterocycles. The third-order valence-electron chi connectivity index (χ3n) is 11.9. The number of aliphatic hydroxyl groups excluding tert-OH is 1. The Hall–Kier alpha value is -3.18. The summed E-state index contributed by atoms with van der Waals surface area (Å²) in [5.41, 5.74) is 0. The number of unbranched alkanes of at least 4 members (excludes halogenated alkanes) is 26. The number of carbonyl (C=O) groups excluding carboxylic acids is 2. The largest absolute Gasteiger partial charge is 0.462 e. The molecule has 1 unspecified atom stereocenters. The van der Waals surface area contributed by atoms with Crippen LogP contribution in [0.3, 0.4) is 0 Å². The molecule has 0 spiro atoms. The normalized spacial score (nSPS) is 13.0. The number of hydrogen-bond donors (Lipinski definition) is 1. The molecule has 5 heteroatoms. The first-order chi connectivity index (χ1) is 32.6. The SMILES string of the molecule is CC/C=C\C/C=C\C/C=C\C/C=C\C/C=C\C/C=C\C/C=C\C/C=C\CCCCCCCCC(=O)OC(CO)COC(=O)CCCCCCCCCCCCCCCCCCCCCCC. The summed E-state index contributed by atoms with van der Waals surface area (Å²) in [5, 5.41) is 9.65. The summed E-state index contributed by atoms with van der Waals surface area (Å²) in [7, 11) is 0. The maximum Gasteiger partial charge on any atom is 0.306 e. The average molecular weight is 917 g/mol. The number of rotatable bonds is 50. The van der Waals surface area contributed by atoms with Crippen LogP contribution in [0.2, 0.25) is 0 Å². The van der Waals surface area contributed by atoms with Gasteiger partial charge >= 0.3 is 11.9 Å². The monoisotopic (exact) mass is 917 g/mol. The average Bonchev–Trinajstić information content (AvgIpc) is 3.32. The predicted molar refractivity (Wildman–Crippen MR) is 288 cm³/mol. The highest BCUT2D eigenvalue weighted by molar-refractivity contribution is 5.70. The van der Waals surface area contributed by atoms with E-state index in [1.54, 1.807) is 0 Å². The zero-order valence-electron chi connectivity index (χ0n) is 43.2. The lowest BCUT2D eigenvalue weighted by molar-refractivity contribution is -0.161. The van der Waals surface area contributed by atoms with Crippen molar-refractivity contribution in [2.24, 2.45) is 0 Å². The summed E-state index contributed by atoms with van der Waals surface area (Å²) in [5.74, 6) is -0.603. The Kier molecular flexibility index (Phi) is 53.4. The molecule has 0 aliphatic heterocycles. The van der Waals surface area contributed by atoms with Crippen molar-refractivity contribution >= 4 is 11.9 Å². The Morgan fingerprint density at radius 1 is 0.364 bits per heavy atom. The fraction of sp³-hybridized carbons (Fsp3) is 0.705. The number of allylic oxidation sites excluding steroid dienone is 16. The minimum Gasteiger partial charge on any atom is -0.462 e.